The average molecular weight is 223 g/mol. The molecule has 0 bridgehead atoms. The molecule has 0 saturated carbocycles. The number of aliphatic hydroxyl groups excluding tert-OH is 3. The normalized spacial score (nSPS) is 36.3. The van der Waals surface area contributed by atoms with Gasteiger partial charge in [-0.2, -0.15) is 0 Å². The highest BCUT2D eigenvalue weighted by molar-refractivity contribution is 5.77. The summed E-state index contributed by atoms with van der Waals surface area (Å²) < 4.78 is 16.8. The van der Waals surface area contributed by atoms with Gasteiger partial charge in [0.1, 0.15) is 18.3 Å². The summed E-state index contributed by atoms with van der Waals surface area (Å²) in [6.07, 6.45) is -3.45. The Hall–Kier alpha value is -0.760. The molecule has 88 valence electrons. The van der Waals surface area contributed by atoms with Gasteiger partial charge in [-0.25, -0.2) is 4.39 Å². The number of nitrogens with one attached hydrogen (secondary N) is 1. The second-order valence-electron chi connectivity index (χ2n) is 3.34. The Kier molecular flexibility index (Phi) is 4.40. The van der Waals surface area contributed by atoms with Crippen LogP contribution >= 0.6 is 0 Å². The molecule has 1 amide bonds. The molecule has 0 aromatic heterocycles. The number of hydrogen-bond acceptors (Lipinski definition) is 5. The highest BCUT2D eigenvalue weighted by Crippen LogP contribution is 2.15. The average Bonchev–Trinajstić information content (AvgIpc) is 2.25. The minimum Gasteiger partial charge on any atom is -0.394 e. The Bertz CT molecular complexity index is 227. The predicted molar refractivity (Wildman–Crippen MR) is 46.7 cm³/mol. The van der Waals surface area contributed by atoms with E-state index in [1.54, 1.807) is 0 Å². The minimum atomic E-state index is -1.30. The van der Waals surface area contributed by atoms with Crippen molar-refractivity contribution in [2.75, 3.05) is 19.9 Å². The van der Waals surface area contributed by atoms with Crippen LogP contribution in [0.4, 0.5) is 4.39 Å². The lowest BCUT2D eigenvalue weighted by Crippen LogP contribution is -2.60. The fourth-order valence-corrected chi connectivity index (χ4v) is 1.42. The van der Waals surface area contributed by atoms with Gasteiger partial charge in [0.05, 0.1) is 19.3 Å². The Morgan fingerprint density at radius 3 is 2.67 bits per heavy atom. The molecular weight excluding hydrogens is 209 g/mol. The second kappa shape index (κ2) is 5.36. The number of halogens is 1. The quantitative estimate of drug-likeness (QED) is 0.426. The van der Waals surface area contributed by atoms with Crippen molar-refractivity contribution in [2.45, 2.75) is 24.4 Å². The molecule has 1 fully saturated rings. The van der Waals surface area contributed by atoms with Crippen LogP contribution in [0.2, 0.25) is 0 Å². The van der Waals surface area contributed by atoms with E-state index in [0.717, 1.165) is 0 Å². The smallest absolute Gasteiger partial charge is 0.251 e. The van der Waals surface area contributed by atoms with Crippen LogP contribution in [0.5, 0.6) is 0 Å². The first-order valence-electron chi connectivity index (χ1n) is 4.54. The topological polar surface area (TPSA) is 99.0 Å². The molecular formula is C8H14FNO5. The van der Waals surface area contributed by atoms with E-state index in [0.29, 0.717) is 0 Å². The van der Waals surface area contributed by atoms with E-state index in [1.807, 2.05) is 0 Å². The number of hydrogen-bond donors (Lipinski definition) is 4. The highest BCUT2D eigenvalue weighted by Gasteiger charge is 2.38. The van der Waals surface area contributed by atoms with Crippen LogP contribution in [0.15, 0.2) is 0 Å². The fourth-order valence-electron chi connectivity index (χ4n) is 1.42. The van der Waals surface area contributed by atoms with Crippen LogP contribution in [0.1, 0.15) is 0 Å². The van der Waals surface area contributed by atoms with Crippen LogP contribution in [0.3, 0.4) is 0 Å². The number of amides is 1. The Labute approximate surface area is 85.7 Å². The first kappa shape index (κ1) is 12.3. The van der Waals surface area contributed by atoms with Crippen molar-refractivity contribution >= 4 is 5.91 Å². The molecule has 0 aromatic carbocycles. The van der Waals surface area contributed by atoms with Gasteiger partial charge in [0.15, 0.2) is 6.67 Å². The van der Waals surface area contributed by atoms with Crippen LogP contribution in [-0.2, 0) is 9.53 Å². The molecule has 0 spiro atoms. The van der Waals surface area contributed by atoms with Crippen LogP contribution in [0.25, 0.3) is 0 Å². The molecule has 1 rings (SSSR count). The van der Waals surface area contributed by atoms with E-state index in [2.05, 4.69) is 5.32 Å². The number of aliphatic hydroxyl groups is 3. The summed E-state index contributed by atoms with van der Waals surface area (Å²) in [5, 5.41) is 29.8. The van der Waals surface area contributed by atoms with E-state index in [9.17, 15) is 19.4 Å². The molecule has 6 nitrogen and oxygen atoms in total. The molecule has 3 unspecified atom stereocenters. The zero-order chi connectivity index (χ0) is 11.4. The molecule has 0 aromatic rings. The van der Waals surface area contributed by atoms with Crippen LogP contribution < -0.4 is 5.32 Å². The fraction of sp³-hybridized carbons (Fsp3) is 0.875. The number of carbonyl (C=O) groups excluding carboxylic acids is 1. The van der Waals surface area contributed by atoms with Gasteiger partial charge < -0.3 is 25.4 Å². The Morgan fingerprint density at radius 2 is 2.13 bits per heavy atom. The predicted octanol–water partition coefficient (Wildman–Crippen LogP) is -2.45. The molecule has 0 radical (unpaired) electrons. The number of carbonyl (C=O) groups is 1. The lowest BCUT2D eigenvalue weighted by Gasteiger charge is -2.36. The highest BCUT2D eigenvalue weighted by atomic mass is 19.1. The molecule has 1 aliphatic heterocycles. The number of rotatable bonds is 3. The van der Waals surface area contributed by atoms with Crippen LogP contribution in [0, 0.1) is 0 Å². The van der Waals surface area contributed by atoms with E-state index >= 15 is 0 Å². The van der Waals surface area contributed by atoms with Gasteiger partial charge in [-0.3, -0.25) is 4.79 Å². The van der Waals surface area contributed by atoms with Gasteiger partial charge in [-0.05, 0) is 0 Å². The first-order valence-corrected chi connectivity index (χ1v) is 4.54. The Morgan fingerprint density at radius 1 is 1.47 bits per heavy atom. The minimum absolute atomic E-state index is 0.0742. The second-order valence-corrected chi connectivity index (χ2v) is 3.34. The van der Waals surface area contributed by atoms with Crippen molar-refractivity contribution in [3.63, 3.8) is 0 Å². The van der Waals surface area contributed by atoms with Gasteiger partial charge in [0.25, 0.3) is 5.91 Å². The zero-order valence-corrected chi connectivity index (χ0v) is 7.97. The van der Waals surface area contributed by atoms with Crippen molar-refractivity contribution in [3.8, 4) is 0 Å². The standard InChI is InChI=1S/C8H14FNO5/c9-1-6(12)10-4-3-15-5(2-11)8(14)7(4)13/h4-5,7-8,11,13-14H,1-3H2,(H,10,12)/t4?,5?,7?,8-/m1/s1. The molecule has 15 heavy (non-hydrogen) atoms. The van der Waals surface area contributed by atoms with Crippen molar-refractivity contribution in [3.05, 3.63) is 0 Å². The SMILES string of the molecule is O=C(CF)NC1COC(CO)[C@@H](O)C1O. The van der Waals surface area contributed by atoms with E-state index in [1.165, 1.54) is 0 Å². The molecule has 7 heteroatoms. The summed E-state index contributed by atoms with van der Waals surface area (Å²) in [5.41, 5.74) is 0. The van der Waals surface area contributed by atoms with Crippen molar-refractivity contribution < 1.29 is 29.2 Å². The van der Waals surface area contributed by atoms with Gasteiger partial charge >= 0.3 is 0 Å². The largest absolute Gasteiger partial charge is 0.394 e. The van der Waals surface area contributed by atoms with E-state index in [4.69, 9.17) is 9.84 Å². The summed E-state index contributed by atoms with van der Waals surface area (Å²) in [4.78, 5) is 10.7. The van der Waals surface area contributed by atoms with Gasteiger partial charge in [0, 0.05) is 0 Å². The number of ether oxygens (including phenoxy) is 1. The number of alkyl halides is 1. The molecule has 4 atom stereocenters. The summed E-state index contributed by atoms with van der Waals surface area (Å²) in [6, 6.07) is -0.856. The van der Waals surface area contributed by atoms with Gasteiger partial charge in [0.2, 0.25) is 0 Å². The molecule has 1 heterocycles. The molecule has 1 aliphatic rings. The van der Waals surface area contributed by atoms with Crippen molar-refractivity contribution in [1.29, 1.82) is 0 Å². The first-order chi connectivity index (χ1) is 7.10. The summed E-state index contributed by atoms with van der Waals surface area (Å²) >= 11 is 0. The monoisotopic (exact) mass is 223 g/mol. The van der Waals surface area contributed by atoms with E-state index in [-0.39, 0.29) is 6.61 Å². The van der Waals surface area contributed by atoms with E-state index < -0.39 is 43.5 Å². The third kappa shape index (κ3) is 2.85. The molecule has 1 saturated heterocycles. The zero-order valence-electron chi connectivity index (χ0n) is 7.97. The maximum Gasteiger partial charge on any atom is 0.251 e. The van der Waals surface area contributed by atoms with Gasteiger partial charge in [-0.15, -0.1) is 0 Å². The Balaban J connectivity index is 2.52. The third-order valence-electron chi connectivity index (χ3n) is 2.28. The van der Waals surface area contributed by atoms with Gasteiger partial charge in [-0.1, -0.05) is 0 Å². The lowest BCUT2D eigenvalue weighted by molar-refractivity contribution is -0.164. The summed E-state index contributed by atoms with van der Waals surface area (Å²) in [5.74, 6) is -0.878. The molecule has 0 aliphatic carbocycles. The maximum atomic E-state index is 11.9. The molecule has 4 N–H and O–H groups in total. The lowest BCUT2D eigenvalue weighted by atomic mass is 9.98. The summed E-state index contributed by atoms with van der Waals surface area (Å²) in [7, 11) is 0. The van der Waals surface area contributed by atoms with Crippen molar-refractivity contribution in [2.24, 2.45) is 0 Å². The van der Waals surface area contributed by atoms with Crippen LogP contribution in [-0.4, -0.2) is 65.5 Å². The third-order valence-corrected chi connectivity index (χ3v) is 2.28. The maximum absolute atomic E-state index is 11.9. The van der Waals surface area contributed by atoms with Crippen molar-refractivity contribution in [1.82, 2.24) is 5.32 Å². The summed E-state index contributed by atoms with van der Waals surface area (Å²) in [6.45, 7) is -1.69.